The minimum absolute atomic E-state index is 0. The van der Waals surface area contributed by atoms with Gasteiger partial charge in [0.25, 0.3) is 5.91 Å². The molecule has 1 N–H and O–H groups in total. The number of aromatic nitrogens is 6. The Labute approximate surface area is 197 Å². The van der Waals surface area contributed by atoms with Crippen molar-refractivity contribution in [1.29, 1.82) is 0 Å². The zero-order chi connectivity index (χ0) is 24.8. The van der Waals surface area contributed by atoms with Gasteiger partial charge in [-0.05, 0) is 33.8 Å². The molecule has 0 aromatic carbocycles. The molecule has 0 saturated carbocycles. The number of carbonyl (C=O) groups is 1. The summed E-state index contributed by atoms with van der Waals surface area (Å²) in [7, 11) is -0.670. The van der Waals surface area contributed by atoms with Crippen molar-refractivity contribution in [2.75, 3.05) is 7.11 Å². The van der Waals surface area contributed by atoms with Gasteiger partial charge in [-0.25, -0.2) is 13.4 Å². The summed E-state index contributed by atoms with van der Waals surface area (Å²) in [6.07, 6.45) is 3.04. The average Bonchev–Trinajstić information content (AvgIpc) is 3.47. The first-order chi connectivity index (χ1) is 15.9. The van der Waals surface area contributed by atoms with Gasteiger partial charge in [0.1, 0.15) is 27.7 Å². The van der Waals surface area contributed by atoms with Crippen molar-refractivity contribution in [3.63, 3.8) is 0 Å². The molecule has 4 aromatic rings. The van der Waals surface area contributed by atoms with Gasteiger partial charge < -0.3 is 14.6 Å². The van der Waals surface area contributed by atoms with Gasteiger partial charge in [0.15, 0.2) is 15.7 Å². The van der Waals surface area contributed by atoms with Crippen LogP contribution in [0.2, 0.25) is 0 Å². The van der Waals surface area contributed by atoms with Crippen LogP contribution in [-0.4, -0.2) is 55.5 Å². The van der Waals surface area contributed by atoms with Crippen molar-refractivity contribution in [2.45, 2.75) is 43.9 Å². The number of aryl methyl sites for hydroxylation is 2. The Hall–Kier alpha value is -3.74. The molecule has 12 nitrogen and oxygen atoms in total. The Morgan fingerprint density at radius 2 is 2.03 bits per heavy atom. The number of fused-ring (bicyclic) bond motifs is 1. The molecule has 0 spiro atoms. The van der Waals surface area contributed by atoms with Gasteiger partial charge in [0, 0.05) is 20.7 Å². The zero-order valence-electron chi connectivity index (χ0n) is 19.6. The predicted molar refractivity (Wildman–Crippen MR) is 123 cm³/mol. The van der Waals surface area contributed by atoms with E-state index in [1.165, 1.54) is 18.0 Å². The number of ether oxygens (including phenoxy) is 1. The third-order valence-electron chi connectivity index (χ3n) is 5.24. The molecule has 4 rings (SSSR count). The van der Waals surface area contributed by atoms with Gasteiger partial charge in [-0.3, -0.25) is 13.9 Å². The van der Waals surface area contributed by atoms with Crippen LogP contribution in [-0.2, 0) is 23.4 Å². The number of imidazole rings is 1. The van der Waals surface area contributed by atoms with Gasteiger partial charge >= 0.3 is 0 Å². The molecule has 4 aromatic heterocycles. The van der Waals surface area contributed by atoms with E-state index < -0.39 is 14.6 Å². The maximum Gasteiger partial charge on any atom is 0.269 e. The van der Waals surface area contributed by atoms with Crippen LogP contribution in [0.15, 0.2) is 33.9 Å². The summed E-state index contributed by atoms with van der Waals surface area (Å²) in [5.74, 6) is 0.584. The van der Waals surface area contributed by atoms with Crippen molar-refractivity contribution in [2.24, 2.45) is 7.05 Å². The maximum atomic E-state index is 13.2. The van der Waals surface area contributed by atoms with Gasteiger partial charge in [-0.1, -0.05) is 5.16 Å². The number of carbonyl (C=O) groups excluding carboxylic acids is 1. The van der Waals surface area contributed by atoms with E-state index in [2.05, 4.69) is 25.5 Å². The highest BCUT2D eigenvalue weighted by molar-refractivity contribution is 7.92. The molecule has 0 aliphatic rings. The normalized spacial score (nSPS) is 12.3. The third-order valence-corrected chi connectivity index (χ3v) is 7.73. The van der Waals surface area contributed by atoms with E-state index in [1.807, 2.05) is 0 Å². The third kappa shape index (κ3) is 4.02. The van der Waals surface area contributed by atoms with Crippen LogP contribution >= 0.6 is 0 Å². The van der Waals surface area contributed by atoms with Gasteiger partial charge in [0.2, 0.25) is 5.89 Å². The monoisotopic (exact) mass is 489 g/mol. The molecule has 182 valence electrons. The fourth-order valence-electron chi connectivity index (χ4n) is 3.33. The largest absolute Gasteiger partial charge is 0.495 e. The first-order valence-electron chi connectivity index (χ1n) is 10.3. The van der Waals surface area contributed by atoms with Crippen molar-refractivity contribution in [3.05, 3.63) is 41.9 Å². The highest BCUT2D eigenvalue weighted by Crippen LogP contribution is 2.34. The maximum absolute atomic E-state index is 13.2. The smallest absolute Gasteiger partial charge is 0.269 e. The van der Waals surface area contributed by atoms with Crippen molar-refractivity contribution in [1.82, 2.24) is 34.6 Å². The first kappa shape index (κ1) is 23.4. The van der Waals surface area contributed by atoms with Crippen LogP contribution in [0.25, 0.3) is 17.0 Å². The molecule has 0 bridgehead atoms. The second kappa shape index (κ2) is 8.24. The van der Waals surface area contributed by atoms with E-state index in [4.69, 9.17) is 9.26 Å². The lowest BCUT2D eigenvalue weighted by Crippen LogP contribution is -2.28. The number of hydrogen-bond acceptors (Lipinski definition) is 9. The summed E-state index contributed by atoms with van der Waals surface area (Å²) in [5, 5.41) is 10.8. The Kier molecular flexibility index (Phi) is 5.67. The molecule has 34 heavy (non-hydrogen) atoms. The molecule has 4 heterocycles. The van der Waals surface area contributed by atoms with Crippen molar-refractivity contribution >= 4 is 21.4 Å². The lowest BCUT2D eigenvalue weighted by Gasteiger charge is -2.21. The molecule has 0 saturated heterocycles. The van der Waals surface area contributed by atoms with Crippen molar-refractivity contribution in [3.8, 4) is 17.1 Å². The summed E-state index contributed by atoms with van der Waals surface area (Å²) >= 11 is 0. The van der Waals surface area contributed by atoms with E-state index in [-0.39, 0.29) is 36.1 Å². The van der Waals surface area contributed by atoms with Gasteiger partial charge in [0.05, 0.1) is 30.3 Å². The zero-order valence-corrected chi connectivity index (χ0v) is 20.5. The molecule has 0 radical (unpaired) electrons. The number of sulfone groups is 1. The Bertz CT molecular complexity index is 1500. The van der Waals surface area contributed by atoms with E-state index in [1.54, 1.807) is 57.5 Å². The van der Waals surface area contributed by atoms with Gasteiger partial charge in [-0.15, -0.1) is 0 Å². The van der Waals surface area contributed by atoms with E-state index >= 15 is 0 Å². The Balaban J connectivity index is 0.00000342. The number of methoxy groups -OCH3 is 1. The molecule has 0 fully saturated rings. The lowest BCUT2D eigenvalue weighted by molar-refractivity contribution is 0.0937. The topological polar surface area (TPSA) is 147 Å². The first-order valence-corrected chi connectivity index (χ1v) is 11.8. The molecule has 0 aliphatic carbocycles. The van der Waals surface area contributed by atoms with E-state index in [0.717, 1.165) is 0 Å². The quantitative estimate of drug-likeness (QED) is 0.430. The number of pyridine rings is 1. The van der Waals surface area contributed by atoms with Crippen LogP contribution in [0, 0.1) is 6.92 Å². The predicted octanol–water partition coefficient (Wildman–Crippen LogP) is 2.18. The fraction of sp³-hybridized carbons (Fsp3) is 0.381. The molecule has 13 heteroatoms. The fourth-order valence-corrected chi connectivity index (χ4v) is 4.64. The highest BCUT2D eigenvalue weighted by Gasteiger charge is 2.34. The van der Waals surface area contributed by atoms with Crippen LogP contribution in [0.1, 0.15) is 44.4 Å². The summed E-state index contributed by atoms with van der Waals surface area (Å²) in [6.45, 7) is 6.63. The Morgan fingerprint density at radius 3 is 2.65 bits per heavy atom. The van der Waals surface area contributed by atoms with E-state index in [9.17, 15) is 13.2 Å². The van der Waals surface area contributed by atoms with Crippen molar-refractivity contribution < 1.29 is 23.9 Å². The Morgan fingerprint density at radius 1 is 1.29 bits per heavy atom. The minimum Gasteiger partial charge on any atom is -0.495 e. The molecule has 0 unspecified atom stereocenters. The van der Waals surface area contributed by atoms with Crippen LogP contribution in [0.5, 0.6) is 5.75 Å². The molecule has 0 aliphatic heterocycles. The van der Waals surface area contributed by atoms with Crippen LogP contribution < -0.4 is 10.1 Å². The van der Waals surface area contributed by atoms with Crippen LogP contribution in [0.3, 0.4) is 0 Å². The molecule has 0 atom stereocenters. The van der Waals surface area contributed by atoms with E-state index in [0.29, 0.717) is 22.9 Å². The second-order valence-corrected chi connectivity index (χ2v) is 11.3. The molecular weight excluding hydrogens is 462 g/mol. The highest BCUT2D eigenvalue weighted by atomic mass is 32.2. The molecule has 1 amide bonds. The number of rotatable bonds is 6. The average molecular weight is 490 g/mol. The SMILES string of the molecule is COc1cc2ncc(-c3cc(C(=O)NCc4nc(C)no4)n(C)n3)n2cc1S(=O)(=O)C(C)(C)C.[HH]. The van der Waals surface area contributed by atoms with Gasteiger partial charge in [-0.2, -0.15) is 10.1 Å². The number of hydrogen-bond donors (Lipinski definition) is 1. The van der Waals surface area contributed by atoms with Crippen LogP contribution in [0.4, 0.5) is 0 Å². The summed E-state index contributed by atoms with van der Waals surface area (Å²) < 4.78 is 38.7. The number of nitrogens with zero attached hydrogens (tertiary/aromatic N) is 6. The summed E-state index contributed by atoms with van der Waals surface area (Å²) in [6, 6.07) is 3.16. The number of nitrogens with one attached hydrogen (secondary N) is 1. The standard InChI is InChI=1S/C21H25N7O5S.H2/c1-12-24-19(33-26-12)10-23-20(29)14-7-13(25-27(14)5)15-9-22-18-8-16(32-6)17(11-28(15)18)34(30,31)21(2,3)4;/h7-9,11H,10H2,1-6H3,(H,23,29);1H. The summed E-state index contributed by atoms with van der Waals surface area (Å²) in [5.41, 5.74) is 1.73. The lowest BCUT2D eigenvalue weighted by atomic mass is 10.3. The number of amides is 1. The molecular formula is C21H27N7O5S. The second-order valence-electron chi connectivity index (χ2n) is 8.65. The summed E-state index contributed by atoms with van der Waals surface area (Å²) in [4.78, 5) is 21.1. The minimum atomic E-state index is -3.72.